The van der Waals surface area contributed by atoms with Crippen molar-refractivity contribution in [1.29, 1.82) is 0 Å². The lowest BCUT2D eigenvalue weighted by Gasteiger charge is -2.13. The monoisotopic (exact) mass is 259 g/mol. The van der Waals surface area contributed by atoms with Gasteiger partial charge in [-0.1, -0.05) is 17.7 Å². The van der Waals surface area contributed by atoms with Crippen LogP contribution >= 0.6 is 23.4 Å². The maximum absolute atomic E-state index is 12.8. The zero-order valence-corrected chi connectivity index (χ0v) is 10.8. The maximum Gasteiger partial charge on any atom is 0.124 e. The van der Waals surface area contributed by atoms with Crippen LogP contribution in [0.1, 0.15) is 18.4 Å². The molecule has 1 N–H and O–H groups in total. The Bertz CT molecular complexity index is 379. The first kappa shape index (κ1) is 12.2. The highest BCUT2D eigenvalue weighted by molar-refractivity contribution is 8.00. The second-order valence-corrected chi connectivity index (χ2v) is 5.91. The molecule has 0 unspecified atom stereocenters. The van der Waals surface area contributed by atoms with E-state index in [-0.39, 0.29) is 5.82 Å². The van der Waals surface area contributed by atoms with Gasteiger partial charge in [0, 0.05) is 22.9 Å². The number of rotatable bonds is 5. The molecule has 1 aromatic rings. The predicted octanol–water partition coefficient (Wildman–Crippen LogP) is 3.46. The molecule has 88 valence electrons. The van der Waals surface area contributed by atoms with Crippen LogP contribution in [0.15, 0.2) is 18.2 Å². The van der Waals surface area contributed by atoms with E-state index in [0.717, 1.165) is 12.1 Å². The van der Waals surface area contributed by atoms with Gasteiger partial charge < -0.3 is 5.32 Å². The second kappa shape index (κ2) is 4.94. The van der Waals surface area contributed by atoms with Crippen molar-refractivity contribution in [1.82, 2.24) is 5.32 Å². The van der Waals surface area contributed by atoms with E-state index in [1.807, 2.05) is 11.8 Å². The van der Waals surface area contributed by atoms with Crippen molar-refractivity contribution in [2.24, 2.45) is 0 Å². The van der Waals surface area contributed by atoms with E-state index >= 15 is 0 Å². The summed E-state index contributed by atoms with van der Waals surface area (Å²) < 4.78 is 13.3. The van der Waals surface area contributed by atoms with Crippen molar-refractivity contribution in [3.05, 3.63) is 34.6 Å². The Morgan fingerprint density at radius 2 is 2.25 bits per heavy atom. The van der Waals surface area contributed by atoms with Crippen molar-refractivity contribution in [2.45, 2.75) is 24.1 Å². The van der Waals surface area contributed by atoms with Crippen LogP contribution < -0.4 is 5.32 Å². The first-order valence-electron chi connectivity index (χ1n) is 5.35. The summed E-state index contributed by atoms with van der Waals surface area (Å²) in [5.41, 5.74) is 0.958. The molecule has 0 bridgehead atoms. The minimum atomic E-state index is -0.281. The number of nitrogens with one attached hydrogen (secondary N) is 1. The molecule has 16 heavy (non-hydrogen) atoms. The highest BCUT2D eigenvalue weighted by Crippen LogP contribution is 2.46. The number of benzene rings is 1. The van der Waals surface area contributed by atoms with Gasteiger partial charge in [-0.2, -0.15) is 11.8 Å². The standard InChI is InChI=1S/C12H15ClFNS/c1-16-12(4-5-12)8-15-7-9-2-3-10(14)6-11(9)13/h2-3,6,15H,4-5,7-8H2,1H3. The summed E-state index contributed by atoms with van der Waals surface area (Å²) in [6.07, 6.45) is 4.73. The minimum Gasteiger partial charge on any atom is -0.311 e. The number of halogens is 2. The first-order valence-corrected chi connectivity index (χ1v) is 6.95. The van der Waals surface area contributed by atoms with E-state index in [9.17, 15) is 4.39 Å². The van der Waals surface area contributed by atoms with E-state index in [1.165, 1.54) is 25.0 Å². The van der Waals surface area contributed by atoms with Gasteiger partial charge in [-0.25, -0.2) is 4.39 Å². The van der Waals surface area contributed by atoms with Gasteiger partial charge in [-0.15, -0.1) is 0 Å². The smallest absolute Gasteiger partial charge is 0.124 e. The molecule has 0 spiro atoms. The highest BCUT2D eigenvalue weighted by atomic mass is 35.5. The lowest BCUT2D eigenvalue weighted by molar-refractivity contribution is 0.624. The summed E-state index contributed by atoms with van der Waals surface area (Å²) in [7, 11) is 0. The van der Waals surface area contributed by atoms with E-state index < -0.39 is 0 Å². The fourth-order valence-corrected chi connectivity index (χ4v) is 2.67. The number of thioether (sulfide) groups is 1. The Morgan fingerprint density at radius 3 is 2.81 bits per heavy atom. The molecule has 2 rings (SSSR count). The fourth-order valence-electron chi connectivity index (χ4n) is 1.68. The number of hydrogen-bond acceptors (Lipinski definition) is 2. The molecule has 0 aromatic heterocycles. The lowest BCUT2D eigenvalue weighted by Crippen LogP contribution is -2.25. The second-order valence-electron chi connectivity index (χ2n) is 4.23. The van der Waals surface area contributed by atoms with E-state index in [2.05, 4.69) is 11.6 Å². The van der Waals surface area contributed by atoms with E-state index in [1.54, 1.807) is 6.07 Å². The first-order chi connectivity index (χ1) is 7.65. The molecular weight excluding hydrogens is 245 g/mol. The molecule has 1 nitrogen and oxygen atoms in total. The van der Waals surface area contributed by atoms with Crippen molar-refractivity contribution >= 4 is 23.4 Å². The Balaban J connectivity index is 1.85. The van der Waals surface area contributed by atoms with Gasteiger partial charge in [0.2, 0.25) is 0 Å². The van der Waals surface area contributed by atoms with Gasteiger partial charge >= 0.3 is 0 Å². The van der Waals surface area contributed by atoms with Crippen LogP contribution in [0.3, 0.4) is 0 Å². The lowest BCUT2D eigenvalue weighted by atomic mass is 10.2. The molecule has 1 aliphatic carbocycles. The molecule has 1 aliphatic rings. The molecule has 1 fully saturated rings. The van der Waals surface area contributed by atoms with Crippen LogP contribution in [-0.4, -0.2) is 17.5 Å². The van der Waals surface area contributed by atoms with Gasteiger partial charge in [-0.05, 0) is 36.8 Å². The zero-order valence-electron chi connectivity index (χ0n) is 9.22. The molecular formula is C12H15ClFNS. The van der Waals surface area contributed by atoms with Crippen LogP contribution in [0.2, 0.25) is 5.02 Å². The summed E-state index contributed by atoms with van der Waals surface area (Å²) in [6, 6.07) is 4.55. The van der Waals surface area contributed by atoms with Crippen LogP contribution in [0.25, 0.3) is 0 Å². The minimum absolute atomic E-state index is 0.281. The van der Waals surface area contributed by atoms with Crippen molar-refractivity contribution in [3.63, 3.8) is 0 Å². The molecule has 0 amide bonds. The van der Waals surface area contributed by atoms with Gasteiger partial charge in [-0.3, -0.25) is 0 Å². The van der Waals surface area contributed by atoms with E-state index in [4.69, 9.17) is 11.6 Å². The topological polar surface area (TPSA) is 12.0 Å². The summed E-state index contributed by atoms with van der Waals surface area (Å²) in [5.74, 6) is -0.281. The van der Waals surface area contributed by atoms with Crippen LogP contribution in [0, 0.1) is 5.82 Å². The maximum atomic E-state index is 12.8. The summed E-state index contributed by atoms with van der Waals surface area (Å²) in [5, 5.41) is 3.89. The summed E-state index contributed by atoms with van der Waals surface area (Å²) >= 11 is 7.87. The molecule has 0 atom stereocenters. The van der Waals surface area contributed by atoms with Crippen molar-refractivity contribution < 1.29 is 4.39 Å². The molecule has 4 heteroatoms. The Kier molecular flexibility index (Phi) is 3.77. The normalized spacial score (nSPS) is 17.4. The molecule has 1 aromatic carbocycles. The molecule has 1 saturated carbocycles. The Labute approximate surface area is 105 Å². The van der Waals surface area contributed by atoms with E-state index in [0.29, 0.717) is 16.3 Å². The number of hydrogen-bond donors (Lipinski definition) is 1. The third kappa shape index (κ3) is 2.90. The average molecular weight is 260 g/mol. The SMILES string of the molecule is CSC1(CNCc2ccc(F)cc2Cl)CC1. The third-order valence-electron chi connectivity index (χ3n) is 3.02. The van der Waals surface area contributed by atoms with Gasteiger partial charge in [0.1, 0.15) is 5.82 Å². The summed E-state index contributed by atoms with van der Waals surface area (Å²) in [6.45, 7) is 1.71. The quantitative estimate of drug-likeness (QED) is 0.869. The average Bonchev–Trinajstić information content (AvgIpc) is 3.02. The molecule has 0 aliphatic heterocycles. The molecule has 0 radical (unpaired) electrons. The van der Waals surface area contributed by atoms with Gasteiger partial charge in [0.15, 0.2) is 0 Å². The fraction of sp³-hybridized carbons (Fsp3) is 0.500. The molecule has 0 saturated heterocycles. The Morgan fingerprint density at radius 1 is 1.50 bits per heavy atom. The summed E-state index contributed by atoms with van der Waals surface area (Å²) in [4.78, 5) is 0. The van der Waals surface area contributed by atoms with Gasteiger partial charge in [0.05, 0.1) is 0 Å². The zero-order chi connectivity index (χ0) is 11.6. The molecule has 0 heterocycles. The predicted molar refractivity (Wildman–Crippen MR) is 68.6 cm³/mol. The van der Waals surface area contributed by atoms with Gasteiger partial charge in [0.25, 0.3) is 0 Å². The highest BCUT2D eigenvalue weighted by Gasteiger charge is 2.41. The third-order valence-corrected chi connectivity index (χ3v) is 4.79. The largest absolute Gasteiger partial charge is 0.311 e. The van der Waals surface area contributed by atoms with Crippen molar-refractivity contribution in [2.75, 3.05) is 12.8 Å². The van der Waals surface area contributed by atoms with Crippen LogP contribution in [0.4, 0.5) is 4.39 Å². The van der Waals surface area contributed by atoms with Crippen LogP contribution in [0.5, 0.6) is 0 Å². The van der Waals surface area contributed by atoms with Crippen molar-refractivity contribution in [3.8, 4) is 0 Å². The van der Waals surface area contributed by atoms with Crippen LogP contribution in [-0.2, 0) is 6.54 Å². The Hall–Kier alpha value is -0.250.